The van der Waals surface area contributed by atoms with Crippen LogP contribution in [0, 0.1) is 0 Å². The number of rotatable bonds is 6. The molecule has 150 valence electrons. The van der Waals surface area contributed by atoms with Crippen LogP contribution in [-0.2, 0) is 4.74 Å². The van der Waals surface area contributed by atoms with Crippen molar-refractivity contribution in [2.45, 2.75) is 31.2 Å². The lowest BCUT2D eigenvalue weighted by Gasteiger charge is -2.37. The Bertz CT molecular complexity index is 773. The number of ether oxygens (including phenoxy) is 2. The molecule has 0 unspecified atom stereocenters. The molecule has 1 N–H and O–H groups in total. The van der Waals surface area contributed by atoms with Crippen LogP contribution in [0.15, 0.2) is 30.5 Å². The predicted octanol–water partition coefficient (Wildman–Crippen LogP) is 2.79. The van der Waals surface area contributed by atoms with E-state index in [2.05, 4.69) is 44.3 Å². The number of benzene rings is 1. The van der Waals surface area contributed by atoms with Crippen LogP contribution in [0.5, 0.6) is 5.75 Å². The van der Waals surface area contributed by atoms with Gasteiger partial charge in [-0.25, -0.2) is 0 Å². The number of morpholine rings is 1. The topological polar surface area (TPSA) is 53.6 Å². The average Bonchev–Trinajstić information content (AvgIpc) is 3.43. The zero-order valence-electron chi connectivity index (χ0n) is 16.5. The van der Waals surface area contributed by atoms with Gasteiger partial charge in [0.2, 0.25) is 0 Å². The fourth-order valence-electron chi connectivity index (χ4n) is 5.01. The van der Waals surface area contributed by atoms with Crippen molar-refractivity contribution in [3.63, 3.8) is 0 Å². The second-order valence-electron chi connectivity index (χ2n) is 8.16. The lowest BCUT2D eigenvalue weighted by Crippen LogP contribution is -2.37. The van der Waals surface area contributed by atoms with Gasteiger partial charge in [0.25, 0.3) is 0 Å². The van der Waals surface area contributed by atoms with Crippen molar-refractivity contribution in [3.8, 4) is 5.75 Å². The first-order chi connectivity index (χ1) is 13.9. The number of aromatic nitrogens is 2. The van der Waals surface area contributed by atoms with E-state index in [4.69, 9.17) is 9.47 Å². The molecule has 2 saturated heterocycles. The molecule has 0 saturated carbocycles. The molecule has 0 aliphatic carbocycles. The van der Waals surface area contributed by atoms with Gasteiger partial charge in [0, 0.05) is 50.0 Å². The molecule has 0 bridgehead atoms. The van der Waals surface area contributed by atoms with Crippen molar-refractivity contribution < 1.29 is 9.47 Å². The smallest absolute Gasteiger partial charge is 0.119 e. The second-order valence-corrected chi connectivity index (χ2v) is 8.16. The predicted molar refractivity (Wildman–Crippen MR) is 108 cm³/mol. The fourth-order valence-corrected chi connectivity index (χ4v) is 5.01. The molecule has 2 fully saturated rings. The zero-order chi connectivity index (χ0) is 18.8. The number of fused-ring (bicyclic) bond motifs is 3. The first-order valence-corrected chi connectivity index (χ1v) is 10.7. The number of nitrogens with zero attached hydrogens (tertiary/aromatic N) is 3. The van der Waals surface area contributed by atoms with Gasteiger partial charge in [-0.05, 0) is 55.1 Å². The molecule has 3 aliphatic rings. The molecule has 2 aromatic rings. The third-order valence-corrected chi connectivity index (χ3v) is 6.46. The van der Waals surface area contributed by atoms with E-state index in [1.807, 2.05) is 6.20 Å². The van der Waals surface area contributed by atoms with Crippen LogP contribution in [0.1, 0.15) is 48.0 Å². The van der Waals surface area contributed by atoms with Crippen molar-refractivity contribution >= 4 is 0 Å². The summed E-state index contributed by atoms with van der Waals surface area (Å²) in [6, 6.07) is 9.40. The van der Waals surface area contributed by atoms with E-state index in [9.17, 15) is 0 Å². The van der Waals surface area contributed by atoms with Gasteiger partial charge >= 0.3 is 0 Å². The Morgan fingerprint density at radius 2 is 2.07 bits per heavy atom. The van der Waals surface area contributed by atoms with E-state index in [1.54, 1.807) is 0 Å². The number of aromatic amines is 1. The molecule has 0 amide bonds. The maximum atomic E-state index is 6.14. The Labute approximate surface area is 166 Å². The van der Waals surface area contributed by atoms with Crippen LogP contribution in [0.3, 0.4) is 0 Å². The number of H-pyrrole nitrogens is 1. The lowest BCUT2D eigenvalue weighted by atomic mass is 9.83. The molecule has 1 aromatic heterocycles. The molecule has 1 aromatic carbocycles. The van der Waals surface area contributed by atoms with Gasteiger partial charge in [0.05, 0.1) is 19.8 Å². The first kappa shape index (κ1) is 18.2. The van der Waals surface area contributed by atoms with E-state index in [1.165, 1.54) is 36.2 Å². The van der Waals surface area contributed by atoms with Gasteiger partial charge < -0.3 is 9.47 Å². The second kappa shape index (κ2) is 8.23. The Hall–Kier alpha value is -1.89. The van der Waals surface area contributed by atoms with E-state index in [0.717, 1.165) is 58.2 Å². The fraction of sp³-hybridized carbons (Fsp3) is 0.591. The maximum absolute atomic E-state index is 6.14. The molecule has 6 nitrogen and oxygen atoms in total. The van der Waals surface area contributed by atoms with Gasteiger partial charge in [-0.1, -0.05) is 6.07 Å². The van der Waals surface area contributed by atoms with Crippen molar-refractivity contribution in [1.82, 2.24) is 20.0 Å². The largest absolute Gasteiger partial charge is 0.494 e. The highest BCUT2D eigenvalue weighted by Gasteiger charge is 2.37. The standard InChI is InChI=1S/C22H30N4O2/c1-3-22-19-15-17(28-12-2-8-25-10-13-27-14-11-25)4-5-18(19)20(16-26(22)9-1)21-6-7-23-24-21/h4-7,15,20,22H,1-3,8-14,16H2,(H,23,24)/t20-,22+/m1/s1. The summed E-state index contributed by atoms with van der Waals surface area (Å²) in [5.41, 5.74) is 4.10. The third kappa shape index (κ3) is 3.69. The molecule has 0 radical (unpaired) electrons. The lowest BCUT2D eigenvalue weighted by molar-refractivity contribution is 0.0358. The minimum atomic E-state index is 0.377. The van der Waals surface area contributed by atoms with E-state index >= 15 is 0 Å². The summed E-state index contributed by atoms with van der Waals surface area (Å²) in [6.07, 6.45) is 5.45. The summed E-state index contributed by atoms with van der Waals surface area (Å²) in [5, 5.41) is 7.38. The molecular weight excluding hydrogens is 352 g/mol. The average molecular weight is 383 g/mol. The van der Waals surface area contributed by atoms with E-state index in [-0.39, 0.29) is 0 Å². The van der Waals surface area contributed by atoms with Crippen molar-refractivity contribution in [2.75, 3.05) is 52.5 Å². The zero-order valence-corrected chi connectivity index (χ0v) is 16.5. The Kier molecular flexibility index (Phi) is 5.34. The SMILES string of the molecule is c1cc([C@@H]2CN3CCC[C@H]3c3cc(OCCCN4CCOCC4)ccc32)[nH]n1. The molecule has 4 heterocycles. The number of hydrogen-bond acceptors (Lipinski definition) is 5. The van der Waals surface area contributed by atoms with Gasteiger partial charge in [-0.15, -0.1) is 0 Å². The normalized spacial score (nSPS) is 25.4. The molecule has 2 atom stereocenters. The minimum Gasteiger partial charge on any atom is -0.494 e. The van der Waals surface area contributed by atoms with Gasteiger partial charge in [-0.3, -0.25) is 14.9 Å². The molecule has 5 rings (SSSR count). The van der Waals surface area contributed by atoms with Crippen LogP contribution in [0.2, 0.25) is 0 Å². The maximum Gasteiger partial charge on any atom is 0.119 e. The van der Waals surface area contributed by atoms with Crippen LogP contribution in [0.25, 0.3) is 0 Å². The molecule has 6 heteroatoms. The van der Waals surface area contributed by atoms with E-state index in [0.29, 0.717) is 12.0 Å². The van der Waals surface area contributed by atoms with Crippen molar-refractivity contribution in [3.05, 3.63) is 47.3 Å². The summed E-state index contributed by atoms with van der Waals surface area (Å²) in [5.74, 6) is 1.39. The Morgan fingerprint density at radius 3 is 2.93 bits per heavy atom. The summed E-state index contributed by atoms with van der Waals surface area (Å²) in [6.45, 7) is 7.96. The van der Waals surface area contributed by atoms with Gasteiger partial charge in [0.1, 0.15) is 5.75 Å². The van der Waals surface area contributed by atoms with Crippen molar-refractivity contribution in [1.29, 1.82) is 0 Å². The number of nitrogens with one attached hydrogen (secondary N) is 1. The summed E-state index contributed by atoms with van der Waals surface area (Å²) >= 11 is 0. The molecule has 28 heavy (non-hydrogen) atoms. The first-order valence-electron chi connectivity index (χ1n) is 10.7. The quantitative estimate of drug-likeness (QED) is 0.779. The third-order valence-electron chi connectivity index (χ3n) is 6.46. The highest BCUT2D eigenvalue weighted by atomic mass is 16.5. The summed E-state index contributed by atoms with van der Waals surface area (Å²) < 4.78 is 11.6. The van der Waals surface area contributed by atoms with Crippen LogP contribution < -0.4 is 4.74 Å². The van der Waals surface area contributed by atoms with E-state index < -0.39 is 0 Å². The number of hydrogen-bond donors (Lipinski definition) is 1. The molecule has 3 aliphatic heterocycles. The van der Waals surface area contributed by atoms with Gasteiger partial charge in [0.15, 0.2) is 0 Å². The Balaban J connectivity index is 1.27. The monoisotopic (exact) mass is 382 g/mol. The van der Waals surface area contributed by atoms with Crippen LogP contribution in [0.4, 0.5) is 0 Å². The minimum absolute atomic E-state index is 0.377. The molecule has 0 spiro atoms. The van der Waals surface area contributed by atoms with Crippen LogP contribution in [-0.4, -0.2) is 72.5 Å². The highest BCUT2D eigenvalue weighted by Crippen LogP contribution is 2.44. The summed E-state index contributed by atoms with van der Waals surface area (Å²) in [4.78, 5) is 5.10. The van der Waals surface area contributed by atoms with Crippen LogP contribution >= 0.6 is 0 Å². The molecular formula is C22H30N4O2. The van der Waals surface area contributed by atoms with Gasteiger partial charge in [-0.2, -0.15) is 5.10 Å². The Morgan fingerprint density at radius 1 is 1.14 bits per heavy atom. The highest BCUT2D eigenvalue weighted by molar-refractivity contribution is 5.45. The summed E-state index contributed by atoms with van der Waals surface area (Å²) in [7, 11) is 0. The van der Waals surface area contributed by atoms with Crippen molar-refractivity contribution in [2.24, 2.45) is 0 Å².